The van der Waals surface area contributed by atoms with E-state index in [1.54, 1.807) is 12.1 Å². The molecule has 1 aliphatic heterocycles. The zero-order chi connectivity index (χ0) is 29.8. The van der Waals surface area contributed by atoms with Crippen LogP contribution in [0.2, 0.25) is 0 Å². The molecule has 0 bridgehead atoms. The number of halogens is 2. The number of carbonyl (C=O) groups excluding carboxylic acids is 2. The van der Waals surface area contributed by atoms with E-state index in [1.807, 2.05) is 39.8 Å². The molecule has 2 aliphatic rings. The third kappa shape index (κ3) is 4.70. The molecular weight excluding hydrogens is 546 g/mol. The summed E-state index contributed by atoms with van der Waals surface area (Å²) >= 11 is 0. The second-order valence-corrected chi connectivity index (χ2v) is 11.4. The normalized spacial score (nSPS) is 17.5. The molecule has 1 fully saturated rings. The van der Waals surface area contributed by atoms with Crippen molar-refractivity contribution in [2.75, 3.05) is 11.9 Å². The number of hydrogen-bond donors (Lipinski definition) is 3. The minimum absolute atomic E-state index is 0.0668. The van der Waals surface area contributed by atoms with Gasteiger partial charge in [0.1, 0.15) is 17.6 Å². The maximum absolute atomic E-state index is 15.4. The maximum Gasteiger partial charge on any atom is 0.276 e. The molecule has 10 nitrogen and oxygen atoms in total. The fourth-order valence-electron chi connectivity index (χ4n) is 5.89. The van der Waals surface area contributed by atoms with E-state index in [-0.39, 0.29) is 29.5 Å². The fourth-order valence-corrected chi connectivity index (χ4v) is 5.89. The summed E-state index contributed by atoms with van der Waals surface area (Å²) in [5, 5.41) is 20.4. The first-order chi connectivity index (χ1) is 20.1. The van der Waals surface area contributed by atoms with Crippen LogP contribution in [0.3, 0.4) is 0 Å². The highest BCUT2D eigenvalue weighted by Gasteiger charge is 2.59. The number of nitrogens with one attached hydrogen (secondary N) is 3. The zero-order valence-electron chi connectivity index (χ0n) is 23.5. The average Bonchev–Trinajstić information content (AvgIpc) is 3.38. The van der Waals surface area contributed by atoms with Crippen LogP contribution in [-0.4, -0.2) is 45.0 Å². The van der Waals surface area contributed by atoms with Crippen LogP contribution in [0.4, 0.5) is 14.5 Å². The summed E-state index contributed by atoms with van der Waals surface area (Å²) < 4.78 is 40.7. The van der Waals surface area contributed by atoms with Crippen molar-refractivity contribution in [2.24, 2.45) is 5.41 Å². The summed E-state index contributed by atoms with van der Waals surface area (Å²) in [6.45, 7) is 7.56. The fraction of sp³-hybridized carbons (Fsp3) is 0.367. The van der Waals surface area contributed by atoms with Crippen LogP contribution in [0.15, 0.2) is 41.0 Å². The molecule has 1 spiro atoms. The smallest absolute Gasteiger partial charge is 0.276 e. The quantitative estimate of drug-likeness (QED) is 0.276. The molecule has 12 heteroatoms. The highest BCUT2D eigenvalue weighted by atomic mass is 19.1. The van der Waals surface area contributed by atoms with Crippen molar-refractivity contribution in [2.45, 2.75) is 58.4 Å². The summed E-state index contributed by atoms with van der Waals surface area (Å²) in [5.41, 5.74) is 3.62. The lowest BCUT2D eigenvalue weighted by Gasteiger charge is -2.38. The van der Waals surface area contributed by atoms with Crippen LogP contribution in [-0.2, 0) is 4.79 Å². The van der Waals surface area contributed by atoms with Crippen LogP contribution in [0.25, 0.3) is 11.1 Å². The molecule has 3 N–H and O–H groups in total. The summed E-state index contributed by atoms with van der Waals surface area (Å²) in [7, 11) is 0. The lowest BCUT2D eigenvalue weighted by atomic mass is 9.75. The summed E-state index contributed by atoms with van der Waals surface area (Å²) in [6.07, 6.45) is 1.24. The molecule has 0 radical (unpaired) electrons. The average molecular weight is 577 g/mol. The Hall–Kier alpha value is -4.61. The van der Waals surface area contributed by atoms with Crippen molar-refractivity contribution < 1.29 is 27.7 Å². The molecule has 0 saturated heterocycles. The molecule has 2 aromatic heterocycles. The van der Waals surface area contributed by atoms with Crippen molar-refractivity contribution >= 4 is 17.5 Å². The Morgan fingerprint density at radius 1 is 1.05 bits per heavy atom. The van der Waals surface area contributed by atoms with Crippen LogP contribution >= 0.6 is 0 Å². The van der Waals surface area contributed by atoms with E-state index in [2.05, 4.69) is 31.1 Å². The monoisotopic (exact) mass is 576 g/mol. The van der Waals surface area contributed by atoms with Gasteiger partial charge in [0.05, 0.1) is 12.3 Å². The number of nitrogens with zero attached hydrogens (tertiary/aromatic N) is 3. The van der Waals surface area contributed by atoms with Gasteiger partial charge in [0, 0.05) is 39.8 Å². The molecule has 218 valence electrons. The minimum atomic E-state index is -1.30. The van der Waals surface area contributed by atoms with Crippen LogP contribution in [0, 0.1) is 30.9 Å². The summed E-state index contributed by atoms with van der Waals surface area (Å²) in [6, 6.07) is 7.89. The molecule has 3 heterocycles. The Bertz CT molecular complexity index is 1660. The first kappa shape index (κ1) is 27.6. The molecule has 2 aromatic carbocycles. The third-order valence-electron chi connectivity index (χ3n) is 8.21. The number of aromatic nitrogens is 4. The Morgan fingerprint density at radius 3 is 2.40 bits per heavy atom. The number of anilines is 1. The van der Waals surface area contributed by atoms with Gasteiger partial charge in [-0.25, -0.2) is 13.4 Å². The Balaban J connectivity index is 1.37. The first-order valence-electron chi connectivity index (χ1n) is 13.8. The van der Waals surface area contributed by atoms with Gasteiger partial charge in [-0.05, 0) is 61.7 Å². The molecule has 4 aromatic rings. The highest BCUT2D eigenvalue weighted by molar-refractivity contribution is 6.01. The van der Waals surface area contributed by atoms with E-state index < -0.39 is 40.8 Å². The molecule has 6 rings (SSSR count). The highest BCUT2D eigenvalue weighted by Crippen LogP contribution is 2.62. The number of amides is 2. The maximum atomic E-state index is 15.4. The molecular formula is C30H30F2N6O4. The van der Waals surface area contributed by atoms with E-state index >= 15 is 4.39 Å². The molecule has 2 atom stereocenters. The Morgan fingerprint density at radius 2 is 1.76 bits per heavy atom. The van der Waals surface area contributed by atoms with Crippen molar-refractivity contribution in [1.82, 2.24) is 25.8 Å². The zero-order valence-corrected chi connectivity index (χ0v) is 23.5. The summed E-state index contributed by atoms with van der Waals surface area (Å²) in [4.78, 5) is 27.5. The second-order valence-electron chi connectivity index (χ2n) is 11.4. The number of hydrogen-bond acceptors (Lipinski definition) is 7. The number of H-pyrrole nitrogens is 1. The van der Waals surface area contributed by atoms with Gasteiger partial charge in [0.15, 0.2) is 17.3 Å². The number of fused-ring (bicyclic) bond motifs is 1. The lowest BCUT2D eigenvalue weighted by molar-refractivity contribution is -0.119. The van der Waals surface area contributed by atoms with Gasteiger partial charge in [-0.1, -0.05) is 31.1 Å². The van der Waals surface area contributed by atoms with Gasteiger partial charge in [0.25, 0.3) is 5.91 Å². The summed E-state index contributed by atoms with van der Waals surface area (Å²) in [5.74, 6) is -4.08. The molecule has 1 aliphatic carbocycles. The van der Waals surface area contributed by atoms with Crippen LogP contribution in [0.1, 0.15) is 71.7 Å². The predicted molar refractivity (Wildman–Crippen MR) is 148 cm³/mol. The van der Waals surface area contributed by atoms with Crippen molar-refractivity contribution in [3.8, 4) is 16.9 Å². The molecule has 2 amide bonds. The minimum Gasteiger partial charge on any atom is -0.489 e. The molecule has 1 saturated carbocycles. The van der Waals surface area contributed by atoms with Crippen molar-refractivity contribution in [1.29, 1.82) is 0 Å². The van der Waals surface area contributed by atoms with Crippen molar-refractivity contribution in [3.05, 3.63) is 76.4 Å². The number of ether oxygens (including phenoxy) is 1. The molecule has 1 unspecified atom stereocenters. The standard InChI is InChI=1S/C30H30F2N6O4/c1-14(2)24-26(38-42-37-24)29(40)34-25(23-22-19(31)9-10-20(32)27(22)41-13-30(23)11-12-30)28(39)33-18-7-5-17(6-8-18)21-15(3)35-36-16(21)4/h5-10,14,23,25H,11-13H2,1-4H3,(H,33,39)(H,34,40)(H,35,36)/t23?,25-/m0/s1. The van der Waals surface area contributed by atoms with Gasteiger partial charge in [-0.15, -0.1) is 0 Å². The number of carbonyl (C=O) groups is 2. The second kappa shape index (κ2) is 10.3. The van der Waals surface area contributed by atoms with Gasteiger partial charge < -0.3 is 15.4 Å². The van der Waals surface area contributed by atoms with E-state index in [0.29, 0.717) is 24.2 Å². The number of aryl methyl sites for hydroxylation is 2. The van der Waals surface area contributed by atoms with Gasteiger partial charge in [-0.3, -0.25) is 14.7 Å². The predicted octanol–water partition coefficient (Wildman–Crippen LogP) is 5.17. The lowest BCUT2D eigenvalue weighted by Crippen LogP contribution is -2.52. The largest absolute Gasteiger partial charge is 0.489 e. The van der Waals surface area contributed by atoms with E-state index in [4.69, 9.17) is 9.37 Å². The molecule has 42 heavy (non-hydrogen) atoms. The number of aromatic amines is 1. The Labute approximate surface area is 240 Å². The van der Waals surface area contributed by atoms with Gasteiger partial charge in [0.2, 0.25) is 5.91 Å². The van der Waals surface area contributed by atoms with E-state index in [9.17, 15) is 14.0 Å². The van der Waals surface area contributed by atoms with Crippen LogP contribution < -0.4 is 15.4 Å². The van der Waals surface area contributed by atoms with Crippen LogP contribution in [0.5, 0.6) is 5.75 Å². The number of benzene rings is 2. The van der Waals surface area contributed by atoms with Gasteiger partial charge >= 0.3 is 0 Å². The van der Waals surface area contributed by atoms with E-state index in [1.165, 1.54) is 0 Å². The topological polar surface area (TPSA) is 135 Å². The van der Waals surface area contributed by atoms with Crippen molar-refractivity contribution in [3.63, 3.8) is 0 Å². The SMILES string of the molecule is Cc1n[nH]c(C)c1-c1ccc(NC(=O)[C@@H](NC(=O)c2nonc2C(C)C)C2c3c(F)ccc(F)c3OCC23CC3)cc1. The first-order valence-corrected chi connectivity index (χ1v) is 13.8. The Kier molecular flexibility index (Phi) is 6.78. The third-order valence-corrected chi connectivity index (χ3v) is 8.21. The number of rotatable bonds is 7. The van der Waals surface area contributed by atoms with E-state index in [0.717, 1.165) is 34.6 Å². The van der Waals surface area contributed by atoms with Gasteiger partial charge in [-0.2, -0.15) is 5.10 Å².